The summed E-state index contributed by atoms with van der Waals surface area (Å²) < 4.78 is 20.2. The van der Waals surface area contributed by atoms with E-state index in [1.807, 2.05) is 0 Å². The van der Waals surface area contributed by atoms with Crippen LogP contribution in [0.5, 0.6) is 5.75 Å². The number of amides is 2. The SMILES string of the molecule is NC(=O)c1ncccc1CN(C(=O)c1ccccc1OCCO)[C@@H]1CCc2c(F)cc(Cl)cc21. The number of pyridine rings is 1. The molecule has 0 fully saturated rings. The van der Waals surface area contributed by atoms with E-state index in [4.69, 9.17) is 27.2 Å². The molecule has 2 aromatic carbocycles. The number of aliphatic hydroxyl groups is 1. The number of aromatic nitrogens is 1. The Morgan fingerprint density at radius 1 is 1.24 bits per heavy atom. The van der Waals surface area contributed by atoms with E-state index in [1.54, 1.807) is 47.4 Å². The molecule has 0 saturated heterocycles. The van der Waals surface area contributed by atoms with E-state index in [-0.39, 0.29) is 41.9 Å². The van der Waals surface area contributed by atoms with Gasteiger partial charge in [-0.1, -0.05) is 29.8 Å². The van der Waals surface area contributed by atoms with E-state index in [0.29, 0.717) is 35.3 Å². The molecule has 0 spiro atoms. The molecule has 9 heteroatoms. The summed E-state index contributed by atoms with van der Waals surface area (Å²) in [6.45, 7) is -0.180. The number of primary amides is 1. The van der Waals surface area contributed by atoms with Gasteiger partial charge in [-0.25, -0.2) is 4.39 Å². The molecular weight excluding hydrogens is 461 g/mol. The Bertz CT molecular complexity index is 1240. The maximum atomic E-state index is 14.6. The van der Waals surface area contributed by atoms with Crippen molar-refractivity contribution < 1.29 is 23.8 Å². The molecule has 1 aliphatic carbocycles. The van der Waals surface area contributed by atoms with Crippen molar-refractivity contribution in [2.45, 2.75) is 25.4 Å². The van der Waals surface area contributed by atoms with Gasteiger partial charge in [0.1, 0.15) is 23.9 Å². The van der Waals surface area contributed by atoms with Crippen LogP contribution in [0.15, 0.2) is 54.7 Å². The summed E-state index contributed by atoms with van der Waals surface area (Å²) in [5, 5.41) is 9.40. The maximum absolute atomic E-state index is 14.6. The number of hydrogen-bond donors (Lipinski definition) is 2. The van der Waals surface area contributed by atoms with E-state index < -0.39 is 17.8 Å². The van der Waals surface area contributed by atoms with Crippen LogP contribution in [-0.4, -0.2) is 40.0 Å². The number of rotatable bonds is 8. The zero-order valence-corrected chi connectivity index (χ0v) is 19.0. The zero-order valence-electron chi connectivity index (χ0n) is 18.2. The van der Waals surface area contributed by atoms with E-state index in [1.165, 1.54) is 12.3 Å². The quantitative estimate of drug-likeness (QED) is 0.508. The second kappa shape index (κ2) is 10.2. The lowest BCUT2D eigenvalue weighted by molar-refractivity contribution is 0.0650. The molecule has 0 bridgehead atoms. The third-order valence-corrected chi connectivity index (χ3v) is 6.01. The number of benzene rings is 2. The summed E-state index contributed by atoms with van der Waals surface area (Å²) in [7, 11) is 0. The molecule has 7 nitrogen and oxygen atoms in total. The van der Waals surface area contributed by atoms with E-state index in [9.17, 15) is 14.0 Å². The summed E-state index contributed by atoms with van der Waals surface area (Å²) in [4.78, 5) is 31.5. The summed E-state index contributed by atoms with van der Waals surface area (Å²) in [6, 6.07) is 12.5. The molecule has 4 rings (SSSR count). The third-order valence-electron chi connectivity index (χ3n) is 5.79. The highest BCUT2D eigenvalue weighted by molar-refractivity contribution is 6.30. The normalized spacial score (nSPS) is 14.5. The number of fused-ring (bicyclic) bond motifs is 1. The molecule has 0 radical (unpaired) electrons. The number of ether oxygens (including phenoxy) is 1. The van der Waals surface area contributed by atoms with Gasteiger partial charge in [0, 0.05) is 23.3 Å². The van der Waals surface area contributed by atoms with Gasteiger partial charge in [0.05, 0.1) is 18.2 Å². The van der Waals surface area contributed by atoms with Crippen LogP contribution in [0.1, 0.15) is 50.0 Å². The lowest BCUT2D eigenvalue weighted by Gasteiger charge is -2.31. The first-order valence-electron chi connectivity index (χ1n) is 10.8. The van der Waals surface area contributed by atoms with Crippen molar-refractivity contribution in [2.75, 3.05) is 13.2 Å². The molecule has 3 aromatic rings. The fraction of sp³-hybridized carbons (Fsp3) is 0.240. The minimum atomic E-state index is -0.712. The fourth-order valence-electron chi connectivity index (χ4n) is 4.32. The number of carbonyl (C=O) groups excluding carboxylic acids is 2. The van der Waals surface area contributed by atoms with Crippen LogP contribution in [0.2, 0.25) is 5.02 Å². The Kier molecular flexibility index (Phi) is 7.09. The Balaban J connectivity index is 1.80. The van der Waals surface area contributed by atoms with Crippen molar-refractivity contribution in [3.8, 4) is 5.75 Å². The third kappa shape index (κ3) is 4.73. The number of nitrogens with zero attached hydrogens (tertiary/aromatic N) is 2. The number of halogens is 2. The fourth-order valence-corrected chi connectivity index (χ4v) is 4.53. The topological polar surface area (TPSA) is 106 Å². The Labute approximate surface area is 200 Å². The van der Waals surface area contributed by atoms with Gasteiger partial charge < -0.3 is 20.5 Å². The highest BCUT2D eigenvalue weighted by Crippen LogP contribution is 2.40. The lowest BCUT2D eigenvalue weighted by Crippen LogP contribution is -2.35. The standard InChI is InChI=1S/C25H23ClFN3O4/c26-16-12-19-17(20(27)13-16)7-8-21(19)30(14-15-4-3-9-29-23(15)24(28)32)25(33)18-5-1-2-6-22(18)34-11-10-31/h1-6,9,12-13,21,31H,7-8,10-11,14H2,(H2,28,32)/t21-/m1/s1. The van der Waals surface area contributed by atoms with Gasteiger partial charge in [0.15, 0.2) is 0 Å². The lowest BCUT2D eigenvalue weighted by atomic mass is 10.0. The molecule has 34 heavy (non-hydrogen) atoms. The van der Waals surface area contributed by atoms with Gasteiger partial charge in [0.25, 0.3) is 11.8 Å². The van der Waals surface area contributed by atoms with Crippen LogP contribution >= 0.6 is 11.6 Å². The van der Waals surface area contributed by atoms with Gasteiger partial charge in [-0.05, 0) is 54.3 Å². The number of nitrogens with two attached hydrogens (primary N) is 1. The molecule has 1 aromatic heterocycles. The van der Waals surface area contributed by atoms with Crippen LogP contribution in [0.4, 0.5) is 4.39 Å². The van der Waals surface area contributed by atoms with Crippen LogP contribution in [0.25, 0.3) is 0 Å². The average molecular weight is 484 g/mol. The molecule has 2 amide bonds. The van der Waals surface area contributed by atoms with Crippen LogP contribution in [0, 0.1) is 5.82 Å². The first kappa shape index (κ1) is 23.7. The molecule has 0 aliphatic heterocycles. The first-order valence-corrected chi connectivity index (χ1v) is 11.1. The van der Waals surface area contributed by atoms with Crippen molar-refractivity contribution in [3.05, 3.63) is 93.5 Å². The van der Waals surface area contributed by atoms with Gasteiger partial charge in [-0.3, -0.25) is 14.6 Å². The van der Waals surface area contributed by atoms with E-state index in [2.05, 4.69) is 4.98 Å². The predicted molar refractivity (Wildman–Crippen MR) is 124 cm³/mol. The Morgan fingerprint density at radius 2 is 2.03 bits per heavy atom. The van der Waals surface area contributed by atoms with E-state index in [0.717, 1.165) is 0 Å². The summed E-state index contributed by atoms with van der Waals surface area (Å²) in [5.74, 6) is -1.20. The Hall–Kier alpha value is -3.49. The maximum Gasteiger partial charge on any atom is 0.267 e. The largest absolute Gasteiger partial charge is 0.490 e. The van der Waals surface area contributed by atoms with Crippen molar-refractivity contribution in [1.82, 2.24) is 9.88 Å². The molecule has 0 unspecified atom stereocenters. The van der Waals surface area contributed by atoms with Gasteiger partial charge in [-0.15, -0.1) is 0 Å². The second-order valence-electron chi connectivity index (χ2n) is 7.89. The molecule has 1 heterocycles. The molecular formula is C25H23ClFN3O4. The smallest absolute Gasteiger partial charge is 0.267 e. The summed E-state index contributed by atoms with van der Waals surface area (Å²) in [6.07, 6.45) is 2.36. The van der Waals surface area contributed by atoms with Crippen molar-refractivity contribution in [1.29, 1.82) is 0 Å². The summed E-state index contributed by atoms with van der Waals surface area (Å²) in [5.41, 5.74) is 7.44. The number of hydrogen-bond acceptors (Lipinski definition) is 5. The van der Waals surface area contributed by atoms with E-state index >= 15 is 0 Å². The van der Waals surface area contributed by atoms with Crippen LogP contribution in [0.3, 0.4) is 0 Å². The number of para-hydroxylation sites is 1. The molecule has 3 N–H and O–H groups in total. The minimum absolute atomic E-state index is 0.0114. The Morgan fingerprint density at radius 3 is 2.79 bits per heavy atom. The monoisotopic (exact) mass is 483 g/mol. The highest BCUT2D eigenvalue weighted by Gasteiger charge is 2.35. The number of aliphatic hydroxyl groups excluding tert-OH is 1. The summed E-state index contributed by atoms with van der Waals surface area (Å²) >= 11 is 6.15. The predicted octanol–water partition coefficient (Wildman–Crippen LogP) is 3.67. The molecule has 176 valence electrons. The highest BCUT2D eigenvalue weighted by atomic mass is 35.5. The van der Waals surface area contributed by atoms with Gasteiger partial charge in [0.2, 0.25) is 0 Å². The molecule has 1 aliphatic rings. The molecule has 0 saturated carbocycles. The van der Waals surface area contributed by atoms with Crippen LogP contribution < -0.4 is 10.5 Å². The van der Waals surface area contributed by atoms with Crippen molar-refractivity contribution in [3.63, 3.8) is 0 Å². The molecule has 1 atom stereocenters. The van der Waals surface area contributed by atoms with Crippen LogP contribution in [-0.2, 0) is 13.0 Å². The zero-order chi connectivity index (χ0) is 24.2. The van der Waals surface area contributed by atoms with Crippen molar-refractivity contribution >= 4 is 23.4 Å². The van der Waals surface area contributed by atoms with Gasteiger partial charge in [-0.2, -0.15) is 0 Å². The second-order valence-corrected chi connectivity index (χ2v) is 8.32. The average Bonchev–Trinajstić information content (AvgIpc) is 3.25. The minimum Gasteiger partial charge on any atom is -0.490 e. The van der Waals surface area contributed by atoms with Gasteiger partial charge >= 0.3 is 0 Å². The first-order chi connectivity index (χ1) is 16.4. The van der Waals surface area contributed by atoms with Crippen molar-refractivity contribution in [2.24, 2.45) is 5.73 Å². The number of carbonyl (C=O) groups is 2.